The third-order valence-corrected chi connectivity index (χ3v) is 4.84. The van der Waals surface area contributed by atoms with Gasteiger partial charge in [-0.25, -0.2) is 0 Å². The van der Waals surface area contributed by atoms with E-state index < -0.39 is 0 Å². The lowest BCUT2D eigenvalue weighted by molar-refractivity contribution is 0.0477. The first-order valence-electron chi connectivity index (χ1n) is 8.05. The summed E-state index contributed by atoms with van der Waals surface area (Å²) in [5.41, 5.74) is 0.346. The van der Waals surface area contributed by atoms with Crippen molar-refractivity contribution in [2.24, 2.45) is 11.3 Å². The molecule has 0 aliphatic heterocycles. The van der Waals surface area contributed by atoms with Crippen molar-refractivity contribution in [3.05, 3.63) is 29.3 Å². The fourth-order valence-corrected chi connectivity index (χ4v) is 3.36. The number of hydrogen-bond donors (Lipinski definition) is 1. The molecule has 0 saturated heterocycles. The molecule has 1 fully saturated rings. The van der Waals surface area contributed by atoms with Crippen molar-refractivity contribution in [2.75, 3.05) is 6.54 Å². The fraction of sp³-hybridized carbons (Fsp3) is 0.667. The number of likely N-dealkylation sites (N-methyl/N-ethyl adjacent to an activating group) is 1. The lowest BCUT2D eigenvalue weighted by Crippen LogP contribution is -2.48. The molecule has 1 aromatic rings. The molecule has 118 valence electrons. The average molecular weight is 310 g/mol. The summed E-state index contributed by atoms with van der Waals surface area (Å²) in [6, 6.07) is 8.16. The summed E-state index contributed by atoms with van der Waals surface area (Å²) in [5.74, 6) is 1.63. The van der Waals surface area contributed by atoms with Crippen molar-refractivity contribution < 1.29 is 4.74 Å². The van der Waals surface area contributed by atoms with Crippen LogP contribution in [-0.2, 0) is 0 Å². The second-order valence-corrected chi connectivity index (χ2v) is 7.59. The first-order valence-corrected chi connectivity index (χ1v) is 8.43. The number of hydrogen-bond acceptors (Lipinski definition) is 2. The quantitative estimate of drug-likeness (QED) is 0.853. The van der Waals surface area contributed by atoms with Gasteiger partial charge in [0.15, 0.2) is 0 Å². The van der Waals surface area contributed by atoms with Gasteiger partial charge in [0, 0.05) is 11.1 Å². The van der Waals surface area contributed by atoms with E-state index in [1.165, 1.54) is 12.8 Å². The highest BCUT2D eigenvalue weighted by molar-refractivity contribution is 6.30. The lowest BCUT2D eigenvalue weighted by atomic mass is 9.70. The van der Waals surface area contributed by atoms with E-state index in [9.17, 15) is 0 Å². The Morgan fingerprint density at radius 2 is 1.86 bits per heavy atom. The SMILES string of the molecule is CCNC1CCC(C(C)(C)C)CC1Oc1ccc(Cl)cc1. The Morgan fingerprint density at radius 1 is 1.19 bits per heavy atom. The molecule has 0 spiro atoms. The monoisotopic (exact) mass is 309 g/mol. The molecule has 1 N–H and O–H groups in total. The first kappa shape index (κ1) is 16.6. The molecule has 1 aliphatic carbocycles. The van der Waals surface area contributed by atoms with Crippen molar-refractivity contribution in [2.45, 2.75) is 59.1 Å². The van der Waals surface area contributed by atoms with Crippen LogP contribution >= 0.6 is 11.6 Å². The van der Waals surface area contributed by atoms with Gasteiger partial charge in [-0.3, -0.25) is 0 Å². The summed E-state index contributed by atoms with van der Waals surface area (Å²) >= 11 is 5.95. The van der Waals surface area contributed by atoms with E-state index in [-0.39, 0.29) is 6.10 Å². The zero-order valence-corrected chi connectivity index (χ0v) is 14.4. The van der Waals surface area contributed by atoms with Gasteiger partial charge in [0.2, 0.25) is 0 Å². The van der Waals surface area contributed by atoms with Crippen LogP contribution in [0.4, 0.5) is 0 Å². The van der Waals surface area contributed by atoms with E-state index in [1.54, 1.807) is 0 Å². The Bertz CT molecular complexity index is 438. The van der Waals surface area contributed by atoms with Crippen molar-refractivity contribution in [1.29, 1.82) is 0 Å². The largest absolute Gasteiger partial charge is 0.489 e. The van der Waals surface area contributed by atoms with Gasteiger partial charge in [0.05, 0.1) is 0 Å². The standard InChI is InChI=1S/C18H28ClNO/c1-5-20-16-11-6-13(18(2,3)4)12-17(16)21-15-9-7-14(19)8-10-15/h7-10,13,16-17,20H,5-6,11-12H2,1-4H3. The van der Waals surface area contributed by atoms with Gasteiger partial charge in [-0.1, -0.05) is 39.3 Å². The van der Waals surface area contributed by atoms with Crippen LogP contribution in [-0.4, -0.2) is 18.7 Å². The molecule has 0 radical (unpaired) electrons. The van der Waals surface area contributed by atoms with E-state index >= 15 is 0 Å². The van der Waals surface area contributed by atoms with Gasteiger partial charge in [-0.15, -0.1) is 0 Å². The van der Waals surface area contributed by atoms with Crippen LogP contribution in [0, 0.1) is 11.3 Å². The first-order chi connectivity index (χ1) is 9.90. The van der Waals surface area contributed by atoms with E-state index in [4.69, 9.17) is 16.3 Å². The summed E-state index contributed by atoms with van der Waals surface area (Å²) in [4.78, 5) is 0. The molecular formula is C18H28ClNO. The van der Waals surface area contributed by atoms with Crippen LogP contribution < -0.4 is 10.1 Å². The van der Waals surface area contributed by atoms with Gasteiger partial charge < -0.3 is 10.1 Å². The Morgan fingerprint density at radius 3 is 2.43 bits per heavy atom. The number of benzene rings is 1. The van der Waals surface area contributed by atoms with Crippen molar-refractivity contribution in [3.8, 4) is 5.75 Å². The van der Waals surface area contributed by atoms with Crippen LogP contribution in [0.5, 0.6) is 5.75 Å². The molecule has 0 bridgehead atoms. The average Bonchev–Trinajstić information content (AvgIpc) is 2.42. The molecule has 0 heterocycles. The topological polar surface area (TPSA) is 21.3 Å². The summed E-state index contributed by atoms with van der Waals surface area (Å²) < 4.78 is 6.28. The highest BCUT2D eigenvalue weighted by atomic mass is 35.5. The number of rotatable bonds is 4. The highest BCUT2D eigenvalue weighted by Gasteiger charge is 2.36. The fourth-order valence-electron chi connectivity index (χ4n) is 3.23. The van der Waals surface area contributed by atoms with Gasteiger partial charge >= 0.3 is 0 Å². The Kier molecular flexibility index (Phi) is 5.56. The maximum absolute atomic E-state index is 6.28. The molecule has 0 amide bonds. The lowest BCUT2D eigenvalue weighted by Gasteiger charge is -2.42. The molecule has 2 nitrogen and oxygen atoms in total. The minimum atomic E-state index is 0.240. The Hall–Kier alpha value is -0.730. The van der Waals surface area contributed by atoms with Crippen LogP contribution in [0.15, 0.2) is 24.3 Å². The minimum Gasteiger partial charge on any atom is -0.489 e. The number of halogens is 1. The third kappa shape index (κ3) is 4.62. The van der Waals surface area contributed by atoms with Crippen LogP contribution in [0.1, 0.15) is 47.0 Å². The van der Waals surface area contributed by atoms with E-state index in [0.717, 1.165) is 23.7 Å². The van der Waals surface area contributed by atoms with Crippen molar-refractivity contribution in [1.82, 2.24) is 5.32 Å². The summed E-state index contributed by atoms with van der Waals surface area (Å²) in [7, 11) is 0. The van der Waals surface area contributed by atoms with Crippen molar-refractivity contribution >= 4 is 11.6 Å². The molecule has 1 aromatic carbocycles. The minimum absolute atomic E-state index is 0.240. The molecule has 3 atom stereocenters. The van der Waals surface area contributed by atoms with Gasteiger partial charge in [0.25, 0.3) is 0 Å². The van der Waals surface area contributed by atoms with Crippen LogP contribution in [0.3, 0.4) is 0 Å². The Balaban J connectivity index is 2.08. The van der Waals surface area contributed by atoms with Crippen molar-refractivity contribution in [3.63, 3.8) is 0 Å². The van der Waals surface area contributed by atoms with E-state index in [0.29, 0.717) is 17.4 Å². The predicted octanol–water partition coefficient (Wildman–Crippen LogP) is 4.91. The molecule has 1 aliphatic rings. The molecule has 3 unspecified atom stereocenters. The maximum atomic E-state index is 6.28. The smallest absolute Gasteiger partial charge is 0.119 e. The summed E-state index contributed by atoms with van der Waals surface area (Å²) in [6.07, 6.45) is 3.82. The van der Waals surface area contributed by atoms with Gasteiger partial charge in [-0.05, 0) is 61.4 Å². The van der Waals surface area contributed by atoms with Gasteiger partial charge in [-0.2, -0.15) is 0 Å². The number of nitrogens with one attached hydrogen (secondary N) is 1. The number of ether oxygens (including phenoxy) is 1. The van der Waals surface area contributed by atoms with Crippen LogP contribution in [0.2, 0.25) is 5.02 Å². The van der Waals surface area contributed by atoms with E-state index in [1.807, 2.05) is 24.3 Å². The second-order valence-electron chi connectivity index (χ2n) is 7.15. The molecule has 3 heteroatoms. The third-order valence-electron chi connectivity index (χ3n) is 4.58. The maximum Gasteiger partial charge on any atom is 0.119 e. The summed E-state index contributed by atoms with van der Waals surface area (Å²) in [6.45, 7) is 10.2. The van der Waals surface area contributed by atoms with Gasteiger partial charge in [0.1, 0.15) is 11.9 Å². The highest BCUT2D eigenvalue weighted by Crippen LogP contribution is 2.39. The normalized spacial score (nSPS) is 26.6. The van der Waals surface area contributed by atoms with E-state index in [2.05, 4.69) is 33.0 Å². The van der Waals surface area contributed by atoms with Crippen LogP contribution in [0.25, 0.3) is 0 Å². The Labute approximate surface area is 134 Å². The summed E-state index contributed by atoms with van der Waals surface area (Å²) in [5, 5.41) is 4.34. The molecule has 0 aromatic heterocycles. The molecule has 1 saturated carbocycles. The molecule has 21 heavy (non-hydrogen) atoms. The molecular weight excluding hydrogens is 282 g/mol. The molecule has 2 rings (SSSR count). The second kappa shape index (κ2) is 7.02. The predicted molar refractivity (Wildman–Crippen MR) is 90.1 cm³/mol. The zero-order chi connectivity index (χ0) is 15.5. The zero-order valence-electron chi connectivity index (χ0n) is 13.7.